The van der Waals surface area contributed by atoms with E-state index < -0.39 is 0 Å². The molecule has 0 radical (unpaired) electrons. The molecule has 2 atom stereocenters. The number of nitrogens with one attached hydrogen (secondary N) is 1. The molecule has 1 aliphatic heterocycles. The molecule has 0 spiro atoms. The van der Waals surface area contributed by atoms with Gasteiger partial charge in [-0.05, 0) is 19.4 Å². The van der Waals surface area contributed by atoms with Gasteiger partial charge in [0.25, 0.3) is 0 Å². The maximum atomic E-state index is 5.60. The summed E-state index contributed by atoms with van der Waals surface area (Å²) in [6, 6.07) is 9.08. The molecule has 1 heterocycles. The molecule has 1 saturated heterocycles. The molecule has 1 aliphatic rings. The monoisotopic (exact) mass is 227 g/mol. The Balaban J connectivity index is 0.00000112. The van der Waals surface area contributed by atoms with Gasteiger partial charge in [0.15, 0.2) is 0 Å². The van der Waals surface area contributed by atoms with E-state index in [0.717, 1.165) is 13.0 Å². The summed E-state index contributed by atoms with van der Waals surface area (Å²) in [5, 5.41) is 3.40. The van der Waals surface area contributed by atoms with Gasteiger partial charge in [-0.3, -0.25) is 5.32 Å². The normalized spacial score (nSPS) is 24.9. The van der Waals surface area contributed by atoms with Crippen LogP contribution in [0.3, 0.4) is 0 Å². The summed E-state index contributed by atoms with van der Waals surface area (Å²) in [7, 11) is 0. The minimum absolute atomic E-state index is 0. The van der Waals surface area contributed by atoms with E-state index in [-0.39, 0.29) is 18.6 Å². The van der Waals surface area contributed by atoms with Gasteiger partial charge in [0.1, 0.15) is 6.23 Å². The largest absolute Gasteiger partial charge is 0.361 e. The van der Waals surface area contributed by atoms with Gasteiger partial charge in [0.05, 0.1) is 6.61 Å². The van der Waals surface area contributed by atoms with Gasteiger partial charge < -0.3 is 4.74 Å². The van der Waals surface area contributed by atoms with Gasteiger partial charge in [0.2, 0.25) is 0 Å². The van der Waals surface area contributed by atoms with E-state index >= 15 is 0 Å². The molecule has 2 rings (SSSR count). The Kier molecular flexibility index (Phi) is 4.58. The average molecular weight is 228 g/mol. The molecule has 1 N–H and O–H groups in total. The highest BCUT2D eigenvalue weighted by Gasteiger charge is 2.20. The SMILES string of the molecule is Cc1cccc(CC2NC(C)CO2)c1.Cl. The molecule has 84 valence electrons. The third kappa shape index (κ3) is 3.49. The van der Waals surface area contributed by atoms with Crippen LogP contribution in [-0.4, -0.2) is 18.9 Å². The van der Waals surface area contributed by atoms with Crippen LogP contribution in [0.25, 0.3) is 0 Å². The molecule has 15 heavy (non-hydrogen) atoms. The number of hydrogen-bond acceptors (Lipinski definition) is 2. The third-order valence-corrected chi connectivity index (χ3v) is 2.52. The van der Waals surface area contributed by atoms with Crippen molar-refractivity contribution in [2.24, 2.45) is 0 Å². The van der Waals surface area contributed by atoms with Crippen LogP contribution >= 0.6 is 12.4 Å². The molecule has 0 aromatic heterocycles. The fraction of sp³-hybridized carbons (Fsp3) is 0.500. The first-order chi connectivity index (χ1) is 6.74. The van der Waals surface area contributed by atoms with Gasteiger partial charge in [-0.25, -0.2) is 0 Å². The number of halogens is 1. The minimum Gasteiger partial charge on any atom is -0.361 e. The molecule has 0 bridgehead atoms. The van der Waals surface area contributed by atoms with Crippen molar-refractivity contribution in [2.75, 3.05) is 6.61 Å². The highest BCUT2D eigenvalue weighted by Crippen LogP contribution is 2.11. The highest BCUT2D eigenvalue weighted by atomic mass is 35.5. The van der Waals surface area contributed by atoms with Crippen molar-refractivity contribution < 1.29 is 4.74 Å². The zero-order valence-electron chi connectivity index (χ0n) is 9.19. The molecule has 1 aromatic carbocycles. The van der Waals surface area contributed by atoms with Crippen molar-refractivity contribution in [3.63, 3.8) is 0 Å². The van der Waals surface area contributed by atoms with Crippen molar-refractivity contribution in [2.45, 2.75) is 32.5 Å². The summed E-state index contributed by atoms with van der Waals surface area (Å²) < 4.78 is 5.60. The van der Waals surface area contributed by atoms with E-state index in [9.17, 15) is 0 Å². The Labute approximate surface area is 97.4 Å². The first-order valence-electron chi connectivity index (χ1n) is 5.17. The van der Waals surface area contributed by atoms with E-state index in [1.54, 1.807) is 0 Å². The predicted molar refractivity (Wildman–Crippen MR) is 64.5 cm³/mol. The molecule has 0 aliphatic carbocycles. The first kappa shape index (κ1) is 12.5. The van der Waals surface area contributed by atoms with Crippen LogP contribution in [0.4, 0.5) is 0 Å². The smallest absolute Gasteiger partial charge is 0.112 e. The zero-order chi connectivity index (χ0) is 9.97. The van der Waals surface area contributed by atoms with Crippen molar-refractivity contribution in [3.8, 4) is 0 Å². The van der Waals surface area contributed by atoms with Crippen molar-refractivity contribution in [3.05, 3.63) is 35.4 Å². The molecular formula is C12H18ClNO. The molecule has 3 heteroatoms. The second-order valence-electron chi connectivity index (χ2n) is 4.08. The number of hydrogen-bond donors (Lipinski definition) is 1. The number of ether oxygens (including phenoxy) is 1. The second kappa shape index (κ2) is 5.50. The topological polar surface area (TPSA) is 21.3 Å². The van der Waals surface area contributed by atoms with Crippen molar-refractivity contribution in [1.29, 1.82) is 0 Å². The first-order valence-corrected chi connectivity index (χ1v) is 5.17. The Morgan fingerprint density at radius 2 is 2.27 bits per heavy atom. The van der Waals surface area contributed by atoms with Crippen LogP contribution in [0.5, 0.6) is 0 Å². The van der Waals surface area contributed by atoms with Crippen LogP contribution in [-0.2, 0) is 11.2 Å². The van der Waals surface area contributed by atoms with Gasteiger partial charge in [-0.1, -0.05) is 29.8 Å². The maximum Gasteiger partial charge on any atom is 0.112 e. The lowest BCUT2D eigenvalue weighted by Gasteiger charge is -2.10. The van der Waals surface area contributed by atoms with Crippen molar-refractivity contribution in [1.82, 2.24) is 5.32 Å². The summed E-state index contributed by atoms with van der Waals surface area (Å²) in [4.78, 5) is 0. The van der Waals surface area contributed by atoms with Crippen LogP contribution in [0.2, 0.25) is 0 Å². The predicted octanol–water partition coefficient (Wildman–Crippen LogP) is 2.29. The molecule has 2 nitrogen and oxygen atoms in total. The van der Waals surface area contributed by atoms with Gasteiger partial charge in [0, 0.05) is 12.5 Å². The van der Waals surface area contributed by atoms with Gasteiger partial charge in [-0.15, -0.1) is 12.4 Å². The summed E-state index contributed by atoms with van der Waals surface area (Å²) in [6.45, 7) is 5.10. The van der Waals surface area contributed by atoms with Crippen LogP contribution in [0, 0.1) is 6.92 Å². The summed E-state index contributed by atoms with van der Waals surface area (Å²) in [6.07, 6.45) is 1.17. The Hall–Kier alpha value is -0.570. The quantitative estimate of drug-likeness (QED) is 0.837. The molecular weight excluding hydrogens is 210 g/mol. The van der Waals surface area contributed by atoms with E-state index in [2.05, 4.69) is 43.4 Å². The van der Waals surface area contributed by atoms with Crippen LogP contribution in [0.15, 0.2) is 24.3 Å². The Morgan fingerprint density at radius 3 is 2.87 bits per heavy atom. The number of rotatable bonds is 2. The molecule has 2 unspecified atom stereocenters. The summed E-state index contributed by atoms with van der Waals surface area (Å²) in [5.41, 5.74) is 2.66. The lowest BCUT2D eigenvalue weighted by molar-refractivity contribution is 0.101. The number of benzene rings is 1. The second-order valence-corrected chi connectivity index (χ2v) is 4.08. The molecule has 0 amide bonds. The lowest BCUT2D eigenvalue weighted by atomic mass is 10.1. The minimum atomic E-state index is 0. The fourth-order valence-corrected chi connectivity index (χ4v) is 1.85. The van der Waals surface area contributed by atoms with Gasteiger partial charge >= 0.3 is 0 Å². The Bertz CT molecular complexity index is 316. The van der Waals surface area contributed by atoms with E-state index in [4.69, 9.17) is 4.74 Å². The van der Waals surface area contributed by atoms with E-state index in [0.29, 0.717) is 6.04 Å². The Morgan fingerprint density at radius 1 is 1.47 bits per heavy atom. The highest BCUT2D eigenvalue weighted by molar-refractivity contribution is 5.85. The van der Waals surface area contributed by atoms with Gasteiger partial charge in [-0.2, -0.15) is 0 Å². The van der Waals surface area contributed by atoms with Crippen LogP contribution in [0.1, 0.15) is 18.1 Å². The average Bonchev–Trinajstić information content (AvgIpc) is 2.51. The molecule has 1 aromatic rings. The van der Waals surface area contributed by atoms with Crippen molar-refractivity contribution >= 4 is 12.4 Å². The number of aryl methyl sites for hydroxylation is 1. The fourth-order valence-electron chi connectivity index (χ4n) is 1.85. The van der Waals surface area contributed by atoms with E-state index in [1.807, 2.05) is 0 Å². The maximum absolute atomic E-state index is 5.60. The molecule has 0 saturated carbocycles. The standard InChI is InChI=1S/C12H17NO.ClH/c1-9-4-3-5-11(6-9)7-12-13-10(2)8-14-12;/h3-6,10,12-13H,7-8H2,1-2H3;1H. The summed E-state index contributed by atoms with van der Waals surface area (Å²) in [5.74, 6) is 0. The zero-order valence-corrected chi connectivity index (χ0v) is 10.0. The van der Waals surface area contributed by atoms with Crippen LogP contribution < -0.4 is 5.32 Å². The van der Waals surface area contributed by atoms with E-state index in [1.165, 1.54) is 11.1 Å². The summed E-state index contributed by atoms with van der Waals surface area (Å²) >= 11 is 0. The lowest BCUT2D eigenvalue weighted by Crippen LogP contribution is -2.29. The third-order valence-electron chi connectivity index (χ3n) is 2.52. The molecule has 1 fully saturated rings.